The molecule has 0 rings (SSSR count). The molecule has 0 aliphatic rings. The fourth-order valence-electron chi connectivity index (χ4n) is 0.157. The molecular weight excluding hydrogens is 152 g/mol. The van der Waals surface area contributed by atoms with Gasteiger partial charge in [0.05, 0.1) is 6.54 Å². The second-order valence-corrected chi connectivity index (χ2v) is 1.50. The molecule has 9 heavy (non-hydrogen) atoms. The Bertz CT molecular complexity index is 99.1. The first-order valence-corrected chi connectivity index (χ1v) is 2.96. The van der Waals surface area contributed by atoms with Gasteiger partial charge in [-0.05, 0) is 0 Å². The molecule has 6 heteroatoms. The van der Waals surface area contributed by atoms with E-state index in [-0.39, 0.29) is 50.9 Å². The van der Waals surface area contributed by atoms with Crippen molar-refractivity contribution in [3.05, 3.63) is 0 Å². The van der Waals surface area contributed by atoms with Crippen LogP contribution in [0.15, 0.2) is 0 Å². The van der Waals surface area contributed by atoms with Gasteiger partial charge in [0.2, 0.25) is 0 Å². The zero-order chi connectivity index (χ0) is 6.41. The minimum atomic E-state index is -0.534. The van der Waals surface area contributed by atoms with Crippen LogP contribution in [0.25, 0.3) is 0 Å². The maximum absolute atomic E-state index is 10.1. The summed E-state index contributed by atoms with van der Waals surface area (Å²) in [6.45, 7) is -0.157. The van der Waals surface area contributed by atoms with Gasteiger partial charge in [-0.25, -0.2) is 0 Å². The molecule has 48 valence electrons. The molecule has 0 aliphatic heterocycles. The van der Waals surface area contributed by atoms with Crippen LogP contribution in [0, 0.1) is 0 Å². The van der Waals surface area contributed by atoms with E-state index in [2.05, 4.69) is 4.74 Å². The van der Waals surface area contributed by atoms with Gasteiger partial charge in [-0.3, -0.25) is 9.36 Å². The molecule has 0 amide bonds. The van der Waals surface area contributed by atoms with E-state index in [4.69, 9.17) is 5.73 Å². The van der Waals surface area contributed by atoms with Crippen molar-refractivity contribution in [3.63, 3.8) is 0 Å². The van der Waals surface area contributed by atoms with Crippen LogP contribution in [-0.4, -0.2) is 48.4 Å². The van der Waals surface area contributed by atoms with Gasteiger partial charge in [0.15, 0.2) is 14.8 Å². The molecule has 0 fully saturated rings. The number of esters is 1. The molecule has 0 aromatic carbocycles. The fraction of sp³-hybridized carbons (Fsp3) is 0.667. The molecule has 2 N–H and O–H groups in total. The quantitative estimate of drug-likeness (QED) is 0.328. The van der Waals surface area contributed by atoms with E-state index in [1.165, 1.54) is 0 Å². The number of ether oxygens (including phenoxy) is 1. The molecule has 0 radical (unpaired) electrons. The van der Waals surface area contributed by atoms with Crippen molar-refractivity contribution in [2.75, 3.05) is 12.9 Å². The Morgan fingerprint density at radius 3 is 2.56 bits per heavy atom. The van der Waals surface area contributed by atoms with Crippen molar-refractivity contribution >= 4 is 44.0 Å². The van der Waals surface area contributed by atoms with Crippen molar-refractivity contribution in [1.29, 1.82) is 0 Å². The first-order valence-electron chi connectivity index (χ1n) is 1.96. The number of carbonyl (C=O) groups excluding carboxylic acids is 1. The Kier molecular flexibility index (Phi) is 11.6. The fourth-order valence-corrected chi connectivity index (χ4v) is 0.354. The van der Waals surface area contributed by atoms with Gasteiger partial charge in [-0.15, -0.1) is 0 Å². The summed E-state index contributed by atoms with van der Waals surface area (Å²) in [5, 5.41) is 0. The second kappa shape index (κ2) is 8.53. The van der Waals surface area contributed by atoms with Crippen molar-refractivity contribution in [1.82, 2.24) is 0 Å². The van der Waals surface area contributed by atoms with E-state index in [0.29, 0.717) is 0 Å². The monoisotopic (exact) mass is 159 g/mol. The minimum absolute atomic E-state index is 0. The molecule has 0 spiro atoms. The van der Waals surface area contributed by atoms with Crippen molar-refractivity contribution in [3.8, 4) is 0 Å². The van der Waals surface area contributed by atoms with Crippen LogP contribution in [-0.2, 0) is 14.1 Å². The molecular formula is C3H7NNaO3P. The van der Waals surface area contributed by atoms with Crippen LogP contribution in [0.4, 0.5) is 0 Å². The van der Waals surface area contributed by atoms with E-state index in [0.717, 1.165) is 0 Å². The first kappa shape index (κ1) is 12.2. The van der Waals surface area contributed by atoms with Crippen LogP contribution in [0.1, 0.15) is 0 Å². The third-order valence-electron chi connectivity index (χ3n) is 0.445. The van der Waals surface area contributed by atoms with Crippen LogP contribution in [0.3, 0.4) is 0 Å². The molecule has 0 unspecified atom stereocenters. The standard InChI is InChI=1S/C3H6NO3P.Na.H/c4-1-3(5)7-2-8-6;;/h1-2,4H2;;. The number of hydrogen-bond acceptors (Lipinski definition) is 4. The van der Waals surface area contributed by atoms with Crippen LogP contribution in [0.2, 0.25) is 0 Å². The number of hydrogen-bond donors (Lipinski definition) is 1. The molecule has 0 aromatic heterocycles. The third kappa shape index (κ3) is 8.53. The van der Waals surface area contributed by atoms with Gasteiger partial charge in [0.25, 0.3) is 0 Å². The molecule has 0 heterocycles. The Balaban J connectivity index is 0. The SMILES string of the molecule is NCC(=O)OCP=O.[NaH]. The predicted octanol–water partition coefficient (Wildman–Crippen LogP) is -0.911. The zero-order valence-corrected chi connectivity index (χ0v) is 5.06. The van der Waals surface area contributed by atoms with Gasteiger partial charge in [0.1, 0.15) is 0 Å². The van der Waals surface area contributed by atoms with Crippen molar-refractivity contribution in [2.45, 2.75) is 0 Å². The first-order chi connectivity index (χ1) is 3.81. The van der Waals surface area contributed by atoms with E-state index < -0.39 is 5.97 Å². The molecule has 0 saturated heterocycles. The summed E-state index contributed by atoms with van der Waals surface area (Å²) in [4.78, 5) is 10.1. The second-order valence-electron chi connectivity index (χ2n) is 0.979. The van der Waals surface area contributed by atoms with Crippen LogP contribution >= 0.6 is 8.46 Å². The van der Waals surface area contributed by atoms with Gasteiger partial charge < -0.3 is 10.5 Å². The summed E-state index contributed by atoms with van der Waals surface area (Å²) in [5.74, 6) is -0.534. The normalized spacial score (nSPS) is 8.11. The summed E-state index contributed by atoms with van der Waals surface area (Å²) in [6, 6.07) is 0. The molecule has 0 saturated carbocycles. The molecule has 0 aliphatic carbocycles. The van der Waals surface area contributed by atoms with E-state index in [9.17, 15) is 9.36 Å². The number of nitrogens with two attached hydrogens (primary N) is 1. The summed E-state index contributed by atoms with van der Waals surface area (Å²) in [7, 11) is -0.199. The maximum atomic E-state index is 10.1. The average Bonchev–Trinajstić information content (AvgIpc) is 1.83. The summed E-state index contributed by atoms with van der Waals surface area (Å²) in [6.07, 6.45) is -0.101. The van der Waals surface area contributed by atoms with E-state index in [1.54, 1.807) is 0 Å². The summed E-state index contributed by atoms with van der Waals surface area (Å²) >= 11 is 0. The Labute approximate surface area is 76.6 Å². The molecule has 0 bridgehead atoms. The number of carbonyl (C=O) groups is 1. The van der Waals surface area contributed by atoms with Gasteiger partial charge in [-0.2, -0.15) is 0 Å². The molecule has 0 atom stereocenters. The Hall–Kier alpha value is 0.530. The summed E-state index contributed by atoms with van der Waals surface area (Å²) < 4.78 is 13.9. The van der Waals surface area contributed by atoms with Crippen LogP contribution < -0.4 is 5.73 Å². The Morgan fingerprint density at radius 1 is 1.67 bits per heavy atom. The predicted molar refractivity (Wildman–Crippen MR) is 34.8 cm³/mol. The Morgan fingerprint density at radius 2 is 2.22 bits per heavy atom. The summed E-state index contributed by atoms with van der Waals surface area (Å²) in [5.41, 5.74) is 4.83. The average molecular weight is 159 g/mol. The molecule has 0 aromatic rings. The zero-order valence-electron chi connectivity index (χ0n) is 4.16. The van der Waals surface area contributed by atoms with Crippen molar-refractivity contribution < 1.29 is 14.1 Å². The van der Waals surface area contributed by atoms with Crippen LogP contribution in [0.5, 0.6) is 0 Å². The number of rotatable bonds is 3. The topological polar surface area (TPSA) is 69.4 Å². The van der Waals surface area contributed by atoms with Gasteiger partial charge in [0, 0.05) is 0 Å². The van der Waals surface area contributed by atoms with E-state index in [1.807, 2.05) is 0 Å². The molecule has 4 nitrogen and oxygen atoms in total. The van der Waals surface area contributed by atoms with Crippen molar-refractivity contribution in [2.24, 2.45) is 5.73 Å². The third-order valence-corrected chi connectivity index (χ3v) is 0.679. The van der Waals surface area contributed by atoms with E-state index >= 15 is 0 Å². The van der Waals surface area contributed by atoms with Gasteiger partial charge in [-0.1, -0.05) is 0 Å². The van der Waals surface area contributed by atoms with Gasteiger partial charge >= 0.3 is 35.5 Å².